The Morgan fingerprint density at radius 1 is 0.477 bits per heavy atom. The second-order valence-corrected chi connectivity index (χ2v) is 21.0. The molecule has 2 atom stereocenters. The Balaban J connectivity index is 4.12. The summed E-state index contributed by atoms with van der Waals surface area (Å²) in [5.74, 6) is -0.336. The number of esters is 1. The summed E-state index contributed by atoms with van der Waals surface area (Å²) in [4.78, 5) is 25.2. The first-order chi connectivity index (χ1) is 31.6. The summed E-state index contributed by atoms with van der Waals surface area (Å²) in [7, 11) is 1.35. The summed E-state index contributed by atoms with van der Waals surface area (Å²) in [6.07, 6.45) is 61.4. The van der Waals surface area contributed by atoms with Gasteiger partial charge in [-0.15, -0.1) is 0 Å². The summed E-state index contributed by atoms with van der Waals surface area (Å²) < 4.78 is 34.8. The Bertz CT molecular complexity index is 1180. The van der Waals surface area contributed by atoms with Crippen molar-refractivity contribution in [3.63, 3.8) is 0 Å². The Kier molecular flexibility index (Phi) is 47.7. The molecule has 0 radical (unpaired) electrons. The first kappa shape index (κ1) is 63.5. The maximum absolute atomic E-state index is 12.8. The van der Waals surface area contributed by atoms with E-state index in [1.807, 2.05) is 21.1 Å². The molecule has 0 bridgehead atoms. The molecule has 0 saturated heterocycles. The fraction of sp³-hybridized carbons (Fsp3) is 0.839. The third-order valence-electron chi connectivity index (χ3n) is 11.9. The molecule has 0 spiro atoms. The predicted molar refractivity (Wildman–Crippen MR) is 277 cm³/mol. The van der Waals surface area contributed by atoms with Crippen molar-refractivity contribution in [2.75, 3.05) is 54.1 Å². The SMILES string of the molecule is CCCCCCC/C=C\C/C=C\C/C=C\CCCCCCCCCCCOCC(COP(=O)([O-])OCC[N+](C)(C)C)OC(=O)CCCCCCCCCCC/C=C\CCCCCCCC. The highest BCUT2D eigenvalue weighted by Gasteiger charge is 2.20. The highest BCUT2D eigenvalue weighted by Crippen LogP contribution is 2.38. The minimum Gasteiger partial charge on any atom is -0.756 e. The molecule has 0 amide bonds. The van der Waals surface area contributed by atoms with Crippen LogP contribution in [0.15, 0.2) is 48.6 Å². The molecule has 0 fully saturated rings. The maximum atomic E-state index is 12.8. The zero-order valence-corrected chi connectivity index (χ0v) is 44.3. The minimum absolute atomic E-state index is 0.0239. The Morgan fingerprint density at radius 3 is 1.28 bits per heavy atom. The number of phosphoric ester groups is 1. The van der Waals surface area contributed by atoms with E-state index in [9.17, 15) is 14.3 Å². The van der Waals surface area contributed by atoms with Gasteiger partial charge in [0.25, 0.3) is 7.82 Å². The number of likely N-dealkylation sites (N-methyl/N-ethyl adjacent to an activating group) is 1. The van der Waals surface area contributed by atoms with Gasteiger partial charge in [0, 0.05) is 13.0 Å². The Hall–Kier alpha value is -1.54. The molecule has 2 unspecified atom stereocenters. The number of carbonyl (C=O) groups excluding carboxylic acids is 1. The van der Waals surface area contributed by atoms with Crippen LogP contribution in [0.1, 0.15) is 245 Å². The van der Waals surface area contributed by atoms with Crippen LogP contribution in [0.4, 0.5) is 0 Å². The average molecular weight is 936 g/mol. The van der Waals surface area contributed by atoms with Gasteiger partial charge in [-0.05, 0) is 77.0 Å². The number of hydrogen-bond donors (Lipinski definition) is 0. The number of carbonyl (C=O) groups is 1. The van der Waals surface area contributed by atoms with E-state index >= 15 is 0 Å². The lowest BCUT2D eigenvalue weighted by atomic mass is 10.1. The number of quaternary nitrogens is 1. The highest BCUT2D eigenvalue weighted by atomic mass is 31.2. The minimum atomic E-state index is -4.54. The quantitative estimate of drug-likeness (QED) is 0.0197. The summed E-state index contributed by atoms with van der Waals surface area (Å²) >= 11 is 0. The van der Waals surface area contributed by atoms with Gasteiger partial charge in [0.05, 0.1) is 34.4 Å². The van der Waals surface area contributed by atoms with Crippen molar-refractivity contribution >= 4 is 13.8 Å². The zero-order valence-electron chi connectivity index (χ0n) is 43.4. The van der Waals surface area contributed by atoms with Crippen molar-refractivity contribution in [3.8, 4) is 0 Å². The van der Waals surface area contributed by atoms with Gasteiger partial charge in [-0.25, -0.2) is 0 Å². The van der Waals surface area contributed by atoms with Crippen molar-refractivity contribution in [3.05, 3.63) is 48.6 Å². The van der Waals surface area contributed by atoms with Crippen molar-refractivity contribution in [2.24, 2.45) is 0 Å². The van der Waals surface area contributed by atoms with Crippen molar-refractivity contribution in [1.29, 1.82) is 0 Å². The monoisotopic (exact) mass is 936 g/mol. The normalized spacial score (nSPS) is 13.9. The molecular weight excluding hydrogens is 830 g/mol. The fourth-order valence-corrected chi connectivity index (χ4v) is 8.34. The summed E-state index contributed by atoms with van der Waals surface area (Å²) in [5, 5.41) is 0. The standard InChI is InChI=1S/C56H106NO7P/c1-6-8-10-12-14-16-18-20-22-24-26-27-28-29-30-32-34-36-38-40-42-44-46-48-51-61-53-55(54-63-65(59,60)62-52-50-57(3,4)5)64-56(58)49-47-45-43-41-39-37-35-33-31-25-23-21-19-17-15-13-11-9-7-2/h18,20-21,23-24,26,28-29,55H,6-17,19,22,25,27,30-54H2,1-5H3/b20-18-,23-21-,26-24-,29-28-. The fourth-order valence-electron chi connectivity index (χ4n) is 7.61. The number of hydrogen-bond acceptors (Lipinski definition) is 7. The molecule has 0 rings (SSSR count). The summed E-state index contributed by atoms with van der Waals surface area (Å²) in [6, 6.07) is 0. The lowest BCUT2D eigenvalue weighted by molar-refractivity contribution is -0.870. The van der Waals surface area contributed by atoms with Crippen LogP contribution in [0.5, 0.6) is 0 Å². The van der Waals surface area contributed by atoms with E-state index in [1.54, 1.807) is 0 Å². The van der Waals surface area contributed by atoms with Gasteiger partial charge >= 0.3 is 5.97 Å². The number of ether oxygens (including phenoxy) is 2. The maximum Gasteiger partial charge on any atom is 0.306 e. The molecule has 0 aromatic carbocycles. The van der Waals surface area contributed by atoms with Crippen LogP contribution in [-0.4, -0.2) is 70.7 Å². The zero-order chi connectivity index (χ0) is 47.6. The van der Waals surface area contributed by atoms with E-state index < -0.39 is 13.9 Å². The van der Waals surface area contributed by atoms with Crippen LogP contribution in [-0.2, 0) is 27.9 Å². The number of allylic oxidation sites excluding steroid dienone is 8. The third kappa shape index (κ3) is 53.3. The first-order valence-corrected chi connectivity index (χ1v) is 28.8. The molecule has 0 aliphatic heterocycles. The summed E-state index contributed by atoms with van der Waals surface area (Å²) in [5.41, 5.74) is 0. The second kappa shape index (κ2) is 48.9. The van der Waals surface area contributed by atoms with Crippen LogP contribution in [0.3, 0.4) is 0 Å². The molecule has 0 aromatic heterocycles. The number of phosphoric acid groups is 1. The molecule has 0 saturated carbocycles. The lowest BCUT2D eigenvalue weighted by Crippen LogP contribution is -2.37. The number of rotatable bonds is 51. The molecule has 0 N–H and O–H groups in total. The lowest BCUT2D eigenvalue weighted by Gasteiger charge is -2.28. The van der Waals surface area contributed by atoms with E-state index in [1.165, 1.54) is 180 Å². The molecule has 8 nitrogen and oxygen atoms in total. The van der Waals surface area contributed by atoms with Crippen molar-refractivity contribution < 1.29 is 37.3 Å². The first-order valence-electron chi connectivity index (χ1n) is 27.4. The van der Waals surface area contributed by atoms with E-state index in [-0.39, 0.29) is 25.8 Å². The van der Waals surface area contributed by atoms with Crippen molar-refractivity contribution in [2.45, 2.75) is 251 Å². The number of unbranched alkanes of at least 4 members (excludes halogenated alkanes) is 29. The number of nitrogens with zero attached hydrogens (tertiary/aromatic N) is 1. The summed E-state index contributed by atoms with van der Waals surface area (Å²) in [6.45, 7) is 5.41. The van der Waals surface area contributed by atoms with Gasteiger partial charge < -0.3 is 27.9 Å². The van der Waals surface area contributed by atoms with Crippen molar-refractivity contribution in [1.82, 2.24) is 0 Å². The third-order valence-corrected chi connectivity index (χ3v) is 12.8. The molecule has 9 heteroatoms. The molecule has 382 valence electrons. The van der Waals surface area contributed by atoms with E-state index in [0.29, 0.717) is 24.1 Å². The van der Waals surface area contributed by atoms with Gasteiger partial charge in [-0.3, -0.25) is 9.36 Å². The van der Waals surface area contributed by atoms with Crippen LogP contribution < -0.4 is 4.89 Å². The smallest absolute Gasteiger partial charge is 0.306 e. The molecular formula is C56H106NO7P. The molecule has 65 heavy (non-hydrogen) atoms. The average Bonchev–Trinajstić information content (AvgIpc) is 3.27. The van der Waals surface area contributed by atoms with E-state index in [0.717, 1.165) is 44.9 Å². The van der Waals surface area contributed by atoms with Gasteiger partial charge in [0.2, 0.25) is 0 Å². The molecule has 0 aromatic rings. The van der Waals surface area contributed by atoms with Gasteiger partial charge in [0.1, 0.15) is 19.3 Å². The molecule has 0 aliphatic carbocycles. The second-order valence-electron chi connectivity index (χ2n) is 19.6. The molecule has 0 heterocycles. The van der Waals surface area contributed by atoms with Gasteiger partial charge in [0.15, 0.2) is 0 Å². The predicted octanol–water partition coefficient (Wildman–Crippen LogP) is 16.4. The Labute approximate surface area is 403 Å². The van der Waals surface area contributed by atoms with Crippen LogP contribution >= 0.6 is 7.82 Å². The Morgan fingerprint density at radius 2 is 0.846 bits per heavy atom. The largest absolute Gasteiger partial charge is 0.756 e. The van der Waals surface area contributed by atoms with Crippen LogP contribution in [0.2, 0.25) is 0 Å². The van der Waals surface area contributed by atoms with E-state index in [2.05, 4.69) is 62.5 Å². The van der Waals surface area contributed by atoms with Gasteiger partial charge in [-0.1, -0.05) is 210 Å². The van der Waals surface area contributed by atoms with Crippen LogP contribution in [0.25, 0.3) is 0 Å². The van der Waals surface area contributed by atoms with E-state index in [4.69, 9.17) is 18.5 Å². The molecule has 0 aliphatic rings. The topological polar surface area (TPSA) is 94.1 Å². The van der Waals surface area contributed by atoms with Gasteiger partial charge in [-0.2, -0.15) is 0 Å². The van der Waals surface area contributed by atoms with Crippen LogP contribution in [0, 0.1) is 0 Å². The highest BCUT2D eigenvalue weighted by molar-refractivity contribution is 7.45.